The van der Waals surface area contributed by atoms with Crippen LogP contribution < -0.4 is 14.2 Å². The maximum Gasteiger partial charge on any atom is 0.223 e. The summed E-state index contributed by atoms with van der Waals surface area (Å²) in [6.07, 6.45) is 1.68. The molecule has 0 amide bonds. The first kappa shape index (κ1) is 13.7. The van der Waals surface area contributed by atoms with E-state index in [0.29, 0.717) is 28.5 Å². The highest BCUT2D eigenvalue weighted by atomic mass is 79.9. The van der Waals surface area contributed by atoms with Gasteiger partial charge in [0.2, 0.25) is 11.6 Å². The lowest BCUT2D eigenvalue weighted by Gasteiger charge is -2.14. The number of methoxy groups -OCH3 is 2. The third-order valence-corrected chi connectivity index (χ3v) is 3.18. The first-order valence-electron chi connectivity index (χ1n) is 5.68. The number of para-hydroxylation sites is 1. The van der Waals surface area contributed by atoms with Gasteiger partial charge in [0.25, 0.3) is 0 Å². The van der Waals surface area contributed by atoms with Crippen molar-refractivity contribution >= 4 is 15.9 Å². The quantitative estimate of drug-likeness (QED) is 0.785. The normalized spacial score (nSPS) is 10.1. The summed E-state index contributed by atoms with van der Waals surface area (Å²) in [5.41, 5.74) is 0.954. The van der Waals surface area contributed by atoms with Crippen LogP contribution in [0.1, 0.15) is 5.56 Å². The van der Waals surface area contributed by atoms with E-state index in [2.05, 4.69) is 20.9 Å². The number of halogens is 1. The van der Waals surface area contributed by atoms with E-state index < -0.39 is 0 Å². The standard InChI is InChI=1S/C14H14BrNO3/c1-17-11-6-3-7-12(18-2)13(11)19-14-10(9-15)5-4-8-16-14/h3-8H,9H2,1-2H3. The summed E-state index contributed by atoms with van der Waals surface area (Å²) in [5, 5.41) is 0.660. The molecule has 0 aliphatic carbocycles. The second kappa shape index (κ2) is 6.43. The Labute approximate surface area is 120 Å². The molecule has 1 aromatic carbocycles. The van der Waals surface area contributed by atoms with Crippen LogP contribution in [-0.2, 0) is 5.33 Å². The molecule has 100 valence electrons. The van der Waals surface area contributed by atoms with Crippen molar-refractivity contribution in [3.63, 3.8) is 0 Å². The van der Waals surface area contributed by atoms with E-state index in [-0.39, 0.29) is 0 Å². The van der Waals surface area contributed by atoms with Gasteiger partial charge in [0.05, 0.1) is 14.2 Å². The molecule has 2 rings (SSSR count). The number of rotatable bonds is 5. The van der Waals surface area contributed by atoms with Crippen molar-refractivity contribution in [2.45, 2.75) is 5.33 Å². The van der Waals surface area contributed by atoms with E-state index in [9.17, 15) is 0 Å². The highest BCUT2D eigenvalue weighted by Gasteiger charge is 2.14. The van der Waals surface area contributed by atoms with E-state index in [0.717, 1.165) is 5.56 Å². The van der Waals surface area contributed by atoms with Crippen LogP contribution in [0.25, 0.3) is 0 Å². The number of aromatic nitrogens is 1. The fourth-order valence-corrected chi connectivity index (χ4v) is 2.06. The average Bonchev–Trinajstić information content (AvgIpc) is 2.48. The fraction of sp³-hybridized carbons (Fsp3) is 0.214. The molecule has 0 saturated carbocycles. The zero-order valence-corrected chi connectivity index (χ0v) is 12.3. The zero-order valence-electron chi connectivity index (χ0n) is 10.7. The van der Waals surface area contributed by atoms with Gasteiger partial charge >= 0.3 is 0 Å². The second-order valence-corrected chi connectivity index (χ2v) is 4.26. The summed E-state index contributed by atoms with van der Waals surface area (Å²) in [6.45, 7) is 0. The molecule has 0 aliphatic heterocycles. The maximum atomic E-state index is 5.85. The molecule has 0 fully saturated rings. The van der Waals surface area contributed by atoms with Gasteiger partial charge in [0.1, 0.15) is 0 Å². The van der Waals surface area contributed by atoms with Crippen molar-refractivity contribution in [2.75, 3.05) is 14.2 Å². The highest BCUT2D eigenvalue weighted by Crippen LogP contribution is 2.40. The predicted octanol–water partition coefficient (Wildman–Crippen LogP) is 3.79. The molecular formula is C14H14BrNO3. The number of hydrogen-bond donors (Lipinski definition) is 0. The SMILES string of the molecule is COc1cccc(OC)c1Oc1ncccc1CBr. The molecule has 0 saturated heterocycles. The van der Waals surface area contributed by atoms with Gasteiger partial charge in [-0.3, -0.25) is 0 Å². The molecule has 2 aromatic rings. The largest absolute Gasteiger partial charge is 0.493 e. The number of alkyl halides is 1. The van der Waals surface area contributed by atoms with Crippen molar-refractivity contribution in [3.05, 3.63) is 42.1 Å². The van der Waals surface area contributed by atoms with Crippen molar-refractivity contribution in [3.8, 4) is 23.1 Å². The third kappa shape index (κ3) is 2.98. The number of benzene rings is 1. The first-order valence-corrected chi connectivity index (χ1v) is 6.81. The monoisotopic (exact) mass is 323 g/mol. The average molecular weight is 324 g/mol. The maximum absolute atomic E-state index is 5.85. The summed E-state index contributed by atoms with van der Waals surface area (Å²) in [7, 11) is 3.18. The van der Waals surface area contributed by atoms with Gasteiger partial charge in [0, 0.05) is 17.1 Å². The molecule has 0 bridgehead atoms. The number of hydrogen-bond acceptors (Lipinski definition) is 4. The molecule has 19 heavy (non-hydrogen) atoms. The van der Waals surface area contributed by atoms with Crippen molar-refractivity contribution < 1.29 is 14.2 Å². The summed E-state index contributed by atoms with van der Waals surface area (Å²) in [6, 6.07) is 9.28. The minimum Gasteiger partial charge on any atom is -0.493 e. The van der Waals surface area contributed by atoms with Crippen LogP contribution in [0.15, 0.2) is 36.5 Å². The Morgan fingerprint density at radius 3 is 2.32 bits per heavy atom. The van der Waals surface area contributed by atoms with Gasteiger partial charge in [-0.2, -0.15) is 0 Å². The Bertz CT molecular complexity index is 538. The van der Waals surface area contributed by atoms with Crippen LogP contribution in [0.5, 0.6) is 23.1 Å². The zero-order chi connectivity index (χ0) is 13.7. The van der Waals surface area contributed by atoms with E-state index in [4.69, 9.17) is 14.2 Å². The molecule has 0 radical (unpaired) electrons. The molecule has 4 nitrogen and oxygen atoms in total. The van der Waals surface area contributed by atoms with E-state index in [1.54, 1.807) is 20.4 Å². The van der Waals surface area contributed by atoms with Gasteiger partial charge in [0.15, 0.2) is 11.5 Å². The van der Waals surface area contributed by atoms with Crippen molar-refractivity contribution in [1.29, 1.82) is 0 Å². The summed E-state index contributed by atoms with van der Waals surface area (Å²) in [4.78, 5) is 4.23. The molecule has 0 aliphatic rings. The highest BCUT2D eigenvalue weighted by molar-refractivity contribution is 9.08. The van der Waals surface area contributed by atoms with E-state index >= 15 is 0 Å². The van der Waals surface area contributed by atoms with Crippen LogP contribution in [-0.4, -0.2) is 19.2 Å². The Morgan fingerprint density at radius 2 is 1.74 bits per heavy atom. The van der Waals surface area contributed by atoms with E-state index in [1.807, 2.05) is 30.3 Å². The molecule has 0 unspecified atom stereocenters. The summed E-state index contributed by atoms with van der Waals surface area (Å²) in [5.74, 6) is 2.26. The topological polar surface area (TPSA) is 40.6 Å². The lowest BCUT2D eigenvalue weighted by Crippen LogP contribution is -1.97. The summed E-state index contributed by atoms with van der Waals surface area (Å²) < 4.78 is 16.4. The van der Waals surface area contributed by atoms with Gasteiger partial charge in [-0.1, -0.05) is 28.1 Å². The fourth-order valence-electron chi connectivity index (χ4n) is 1.63. The van der Waals surface area contributed by atoms with Crippen LogP contribution in [0.2, 0.25) is 0 Å². The van der Waals surface area contributed by atoms with Crippen molar-refractivity contribution in [2.24, 2.45) is 0 Å². The Morgan fingerprint density at radius 1 is 1.05 bits per heavy atom. The van der Waals surface area contributed by atoms with Crippen LogP contribution >= 0.6 is 15.9 Å². The number of nitrogens with zero attached hydrogens (tertiary/aromatic N) is 1. The second-order valence-electron chi connectivity index (χ2n) is 3.70. The smallest absolute Gasteiger partial charge is 0.223 e. The number of pyridine rings is 1. The molecule has 1 aromatic heterocycles. The number of ether oxygens (including phenoxy) is 3. The van der Waals surface area contributed by atoms with Gasteiger partial charge in [-0.15, -0.1) is 0 Å². The Kier molecular flexibility index (Phi) is 4.63. The van der Waals surface area contributed by atoms with Crippen LogP contribution in [0.3, 0.4) is 0 Å². The molecule has 1 heterocycles. The lowest BCUT2D eigenvalue weighted by molar-refractivity contribution is 0.341. The molecular weight excluding hydrogens is 310 g/mol. The van der Waals surface area contributed by atoms with Crippen LogP contribution in [0.4, 0.5) is 0 Å². The van der Waals surface area contributed by atoms with Gasteiger partial charge in [-0.25, -0.2) is 4.98 Å². The summed E-state index contributed by atoms with van der Waals surface area (Å²) >= 11 is 3.41. The van der Waals surface area contributed by atoms with Crippen LogP contribution in [0, 0.1) is 0 Å². The van der Waals surface area contributed by atoms with Gasteiger partial charge < -0.3 is 14.2 Å². The Hall–Kier alpha value is -1.75. The molecule has 0 N–H and O–H groups in total. The minimum atomic E-state index is 0.522. The molecule has 5 heteroatoms. The predicted molar refractivity (Wildman–Crippen MR) is 76.5 cm³/mol. The third-order valence-electron chi connectivity index (χ3n) is 2.58. The molecule has 0 atom stereocenters. The Balaban J connectivity index is 2.42. The first-order chi connectivity index (χ1) is 9.30. The minimum absolute atomic E-state index is 0.522. The van der Waals surface area contributed by atoms with Crippen molar-refractivity contribution in [1.82, 2.24) is 4.98 Å². The molecule has 0 spiro atoms. The van der Waals surface area contributed by atoms with E-state index in [1.165, 1.54) is 0 Å². The lowest BCUT2D eigenvalue weighted by atomic mass is 10.3. The van der Waals surface area contributed by atoms with Gasteiger partial charge in [-0.05, 0) is 18.2 Å².